The Morgan fingerprint density at radius 2 is 0.529 bits per heavy atom. The fourth-order valence-corrected chi connectivity index (χ4v) is 11.3. The summed E-state index contributed by atoms with van der Waals surface area (Å²) < 4.78 is 14.2. The van der Waals surface area contributed by atoms with Gasteiger partial charge in [0.1, 0.15) is 30.9 Å². The second-order valence-corrected chi connectivity index (χ2v) is 20.9. The maximum atomic E-state index is 10.1. The molecule has 0 spiro atoms. The molecule has 0 bridgehead atoms. The molecule has 0 atom stereocenters. The fraction of sp³-hybridized carbons (Fsp3) is 0.130. The van der Waals surface area contributed by atoms with Crippen LogP contribution in [0.4, 0.5) is 0 Å². The Balaban J connectivity index is 0.000000250. The summed E-state index contributed by atoms with van der Waals surface area (Å²) in [5, 5.41) is 25.8. The van der Waals surface area contributed by atoms with Gasteiger partial charge < -0.3 is 47.2 Å². The van der Waals surface area contributed by atoms with Crippen LogP contribution in [0.2, 0.25) is 0 Å². The predicted molar refractivity (Wildman–Crippen MR) is 269 cm³/mol. The van der Waals surface area contributed by atoms with Crippen molar-refractivity contribution in [3.05, 3.63) is 190 Å². The molecule has 16 nitrogen and oxygen atoms in total. The zero-order valence-corrected chi connectivity index (χ0v) is 49.9. The summed E-state index contributed by atoms with van der Waals surface area (Å²) in [6.07, 6.45) is 22.5. The number of carboxylic acids is 2. The van der Waals surface area contributed by atoms with Crippen molar-refractivity contribution >= 4 is 82.5 Å². The molecule has 0 unspecified atom stereocenters. The van der Waals surface area contributed by atoms with Gasteiger partial charge in [-0.05, 0) is 11.1 Å². The molecule has 0 amide bonds. The first-order chi connectivity index (χ1) is 32.9. The number of carbonyl (C=O) groups is 2. The molecule has 9 rings (SSSR count). The van der Waals surface area contributed by atoms with Gasteiger partial charge >= 0.3 is 39.0 Å². The smallest absolute Gasteiger partial charge is 0.545 e. The molecule has 6 aromatic heterocycles. The van der Waals surface area contributed by atoms with E-state index in [1.807, 2.05) is 143 Å². The first-order valence-electron chi connectivity index (χ1n) is 20.1. The van der Waals surface area contributed by atoms with Crippen LogP contribution >= 0.6 is 70.6 Å². The summed E-state index contributed by atoms with van der Waals surface area (Å²) in [6.45, 7) is 0. The van der Waals surface area contributed by atoms with Gasteiger partial charge in [0.25, 0.3) is 0 Å². The molecule has 0 saturated heterocycles. The number of aryl methyl sites for hydroxylation is 6. The van der Waals surface area contributed by atoms with Crippen molar-refractivity contribution in [1.29, 1.82) is 0 Å². The molecule has 0 fully saturated rings. The van der Waals surface area contributed by atoms with Crippen LogP contribution in [0.15, 0.2) is 202 Å². The van der Waals surface area contributed by atoms with Crippen molar-refractivity contribution in [3.8, 4) is 0 Å². The fourth-order valence-electron chi connectivity index (χ4n) is 4.81. The molecular formula is C46H46N12O4S6Zn2. The van der Waals surface area contributed by atoms with Gasteiger partial charge in [0.05, 0.1) is 11.9 Å². The minimum Gasteiger partial charge on any atom is -0.545 e. The Morgan fingerprint density at radius 3 is 0.657 bits per heavy atom. The van der Waals surface area contributed by atoms with E-state index in [1.54, 1.807) is 144 Å². The van der Waals surface area contributed by atoms with Gasteiger partial charge in [-0.15, -0.1) is 7.83 Å². The number of nitrogens with zero attached hydrogens (tertiary/aromatic N) is 12. The van der Waals surface area contributed by atoms with Gasteiger partial charge in [-0.3, -0.25) is 70.6 Å². The van der Waals surface area contributed by atoms with Crippen LogP contribution < -0.4 is 10.2 Å². The van der Waals surface area contributed by atoms with E-state index in [-0.39, 0.29) is 50.1 Å². The van der Waals surface area contributed by atoms with Crippen molar-refractivity contribution in [1.82, 2.24) is 57.3 Å². The number of carbonyl (C=O) groups excluding carboxylic acids is 2. The van der Waals surface area contributed by atoms with Crippen molar-refractivity contribution in [2.75, 3.05) is 0 Å². The van der Waals surface area contributed by atoms with Crippen LogP contribution in [0.3, 0.4) is 0 Å². The third-order valence-electron chi connectivity index (χ3n) is 8.40. The third-order valence-corrected chi connectivity index (χ3v) is 15.9. The molecule has 0 saturated carbocycles. The summed E-state index contributed by atoms with van der Waals surface area (Å²) in [5.74, 6) is -2.26. The molecule has 9 aromatic rings. The predicted octanol–water partition coefficient (Wildman–Crippen LogP) is 7.80. The van der Waals surface area contributed by atoms with Crippen LogP contribution in [0.25, 0.3) is 0 Å². The van der Waals surface area contributed by atoms with Gasteiger partial charge in [-0.25, -0.2) is 29.9 Å². The monoisotopic (exact) mass is 1150 g/mol. The summed E-state index contributed by atoms with van der Waals surface area (Å²) in [7, 11) is 11.9. The Kier molecular flexibility index (Phi) is 27.4. The van der Waals surface area contributed by atoms with E-state index in [1.165, 1.54) is 24.3 Å². The van der Waals surface area contributed by atoms with Gasteiger partial charge in [0, 0.05) is 117 Å². The Labute approximate surface area is 458 Å². The van der Waals surface area contributed by atoms with Gasteiger partial charge in [0.15, 0.2) is 0 Å². The number of imidazole rings is 6. The maximum Gasteiger partial charge on any atom is 2.00 e. The molecule has 0 aliphatic carbocycles. The summed E-state index contributed by atoms with van der Waals surface area (Å²) in [6, 6.07) is 28.1. The summed E-state index contributed by atoms with van der Waals surface area (Å²) in [5.41, 5.74) is 0.440. The quantitative estimate of drug-likeness (QED) is 0.0582. The molecule has 3 aromatic carbocycles. The minimum atomic E-state index is -1.13. The first kappa shape index (κ1) is 59.5. The van der Waals surface area contributed by atoms with Crippen molar-refractivity contribution in [2.24, 2.45) is 42.3 Å². The average Bonchev–Trinajstić information content (AvgIpc) is 4.25. The van der Waals surface area contributed by atoms with Crippen LogP contribution in [-0.4, -0.2) is 69.2 Å². The van der Waals surface area contributed by atoms with Gasteiger partial charge in [-0.2, -0.15) is 0 Å². The normalized spacial score (nSPS) is 10.2. The molecule has 0 N–H and O–H groups in total. The Bertz CT molecular complexity index is 2440. The van der Waals surface area contributed by atoms with E-state index in [0.29, 0.717) is 0 Å². The van der Waals surface area contributed by atoms with E-state index in [4.69, 9.17) is 0 Å². The largest absolute Gasteiger partial charge is 2.00 e. The molecule has 354 valence electrons. The molecular weight excluding hydrogens is 1110 g/mol. The number of hydrogen-bond acceptors (Lipinski definition) is 16. The molecule has 0 aliphatic heterocycles. The summed E-state index contributed by atoms with van der Waals surface area (Å²) in [4.78, 5) is 46.5. The number of hydrogen-bond donors (Lipinski definition) is 0. The van der Waals surface area contributed by atoms with E-state index in [9.17, 15) is 19.8 Å². The number of aromatic carboxylic acids is 2. The average molecular weight is 1150 g/mol. The van der Waals surface area contributed by atoms with Gasteiger partial charge in [-0.1, -0.05) is 97.1 Å². The first-order valence-corrected chi connectivity index (χ1v) is 25.0. The van der Waals surface area contributed by atoms with Crippen LogP contribution in [0.5, 0.6) is 0 Å². The van der Waals surface area contributed by atoms with Crippen LogP contribution in [0.1, 0.15) is 20.7 Å². The number of carboxylic acid groups (broad SMARTS) is 2. The molecule has 0 aliphatic rings. The standard InChI is InChI=1S/2C13H15N6S3.2C7H6O2.C6H6.2Zn/c2*1-17-7-4-14-10(17)20-13(21-11-15-5-8-18(11)2)22-12-16-6-9-19(12)3;2*8-7(9)6-4-2-1-3-5-6;1-2-4-6-5-3-1;;/h2*4-9H,1-3H3;2*1-5H,(H,8,9);1-6H;;/q2*-1;;;;2*+2/p-2. The van der Waals surface area contributed by atoms with Crippen molar-refractivity contribution in [2.45, 2.75) is 30.9 Å². The van der Waals surface area contributed by atoms with Crippen molar-refractivity contribution < 1.29 is 58.8 Å². The molecule has 0 radical (unpaired) electrons. The second-order valence-electron chi connectivity index (χ2n) is 13.5. The Morgan fingerprint density at radius 1 is 0.357 bits per heavy atom. The zero-order chi connectivity index (χ0) is 48.7. The second kappa shape index (κ2) is 32.2. The van der Waals surface area contributed by atoms with Crippen LogP contribution in [-0.2, 0) is 81.2 Å². The van der Waals surface area contributed by atoms with Crippen molar-refractivity contribution in [3.63, 3.8) is 0 Å². The third kappa shape index (κ3) is 20.5. The number of aromatic nitrogens is 12. The molecule has 24 heteroatoms. The zero-order valence-electron chi connectivity index (χ0n) is 39.0. The number of benzene rings is 3. The van der Waals surface area contributed by atoms with Crippen LogP contribution in [0, 0.1) is 7.83 Å². The molecule has 70 heavy (non-hydrogen) atoms. The SMILES string of the molecule is Cn1ccnc1S[C-](Sc1nccn1C)Sc1nccn1C.Cn1ccnc1S[C-](Sc1nccn1C)Sc1nccn1C.O=C([O-])c1ccccc1.O=C([O-])c1ccccc1.[Zn+2].[Zn+2].c1ccccc1. The maximum absolute atomic E-state index is 10.1. The van der Waals surface area contributed by atoms with Gasteiger partial charge in [0.2, 0.25) is 0 Å². The van der Waals surface area contributed by atoms with E-state index in [2.05, 4.69) is 29.9 Å². The Hall–Kier alpha value is -4.79. The molecule has 6 heterocycles. The number of thioether (sulfide) groups is 6. The minimum absolute atomic E-state index is 0. The summed E-state index contributed by atoms with van der Waals surface area (Å²) >= 11 is 9.74. The van der Waals surface area contributed by atoms with E-state index < -0.39 is 11.9 Å². The number of rotatable bonds is 14. The van der Waals surface area contributed by atoms with E-state index >= 15 is 0 Å². The van der Waals surface area contributed by atoms with E-state index in [0.717, 1.165) is 38.8 Å². The topological polar surface area (TPSA) is 187 Å².